The Labute approximate surface area is 215 Å². The van der Waals surface area contributed by atoms with Gasteiger partial charge in [0.1, 0.15) is 23.5 Å². The molecule has 0 aromatic heterocycles. The van der Waals surface area contributed by atoms with E-state index in [1.165, 1.54) is 4.90 Å². The van der Waals surface area contributed by atoms with Crippen molar-refractivity contribution in [1.29, 1.82) is 0 Å². The number of carbonyl (C=O) groups excluding carboxylic acids is 3. The standard InChI is InChI=1S/C26H44N3O6P/c1-7-18-15-26(18,36(33,34)16-17(2)3)28-22(30)20-13-10-14-29(20)23(31)21(25(4,5)6)27-24(32)35-19-11-8-9-12-19/h7,17-21H,1,8-16H2,2-6H3,(H,27,32)(H,28,30)(H,33,34)/t18-,20+,21-,26+/m1/s1. The Balaban J connectivity index is 1.74. The molecule has 1 aliphatic heterocycles. The lowest BCUT2D eigenvalue weighted by atomic mass is 9.85. The van der Waals surface area contributed by atoms with Crippen LogP contribution in [0.1, 0.15) is 79.6 Å². The van der Waals surface area contributed by atoms with Crippen LogP contribution in [0.3, 0.4) is 0 Å². The minimum atomic E-state index is -3.71. The van der Waals surface area contributed by atoms with Crippen LogP contribution in [0.5, 0.6) is 0 Å². The minimum Gasteiger partial charge on any atom is -0.446 e. The van der Waals surface area contributed by atoms with Gasteiger partial charge in [-0.05, 0) is 56.3 Å². The first-order valence-corrected chi connectivity index (χ1v) is 15.1. The molecule has 204 valence electrons. The van der Waals surface area contributed by atoms with Crippen LogP contribution in [-0.2, 0) is 18.9 Å². The van der Waals surface area contributed by atoms with E-state index >= 15 is 0 Å². The van der Waals surface area contributed by atoms with Crippen molar-refractivity contribution >= 4 is 25.3 Å². The molecule has 1 saturated heterocycles. The van der Waals surface area contributed by atoms with Crippen molar-refractivity contribution in [3.05, 3.63) is 12.7 Å². The summed E-state index contributed by atoms with van der Waals surface area (Å²) >= 11 is 0. The number of ether oxygens (including phenoxy) is 1. The third kappa shape index (κ3) is 6.16. The Kier molecular flexibility index (Phi) is 8.66. The molecule has 2 aliphatic carbocycles. The molecule has 1 unspecified atom stereocenters. The molecule has 3 amide bonds. The van der Waals surface area contributed by atoms with Crippen LogP contribution in [0.4, 0.5) is 4.79 Å². The van der Waals surface area contributed by atoms with E-state index in [9.17, 15) is 23.8 Å². The van der Waals surface area contributed by atoms with Gasteiger partial charge >= 0.3 is 6.09 Å². The van der Waals surface area contributed by atoms with Crippen molar-refractivity contribution in [2.24, 2.45) is 17.3 Å². The highest BCUT2D eigenvalue weighted by Crippen LogP contribution is 2.70. The summed E-state index contributed by atoms with van der Waals surface area (Å²) in [7, 11) is -3.71. The number of nitrogens with one attached hydrogen (secondary N) is 2. The fraction of sp³-hybridized carbons (Fsp3) is 0.808. The summed E-state index contributed by atoms with van der Waals surface area (Å²) in [4.78, 5) is 52.1. The zero-order valence-corrected chi connectivity index (χ0v) is 23.3. The highest BCUT2D eigenvalue weighted by Gasteiger charge is 2.65. The van der Waals surface area contributed by atoms with Gasteiger partial charge in [-0.1, -0.05) is 40.7 Å². The summed E-state index contributed by atoms with van der Waals surface area (Å²) in [6.45, 7) is 13.5. The molecule has 36 heavy (non-hydrogen) atoms. The monoisotopic (exact) mass is 525 g/mol. The number of nitrogens with zero attached hydrogens (tertiary/aromatic N) is 1. The summed E-state index contributed by atoms with van der Waals surface area (Å²) in [6, 6.07) is -1.64. The first kappa shape index (κ1) is 28.7. The summed E-state index contributed by atoms with van der Waals surface area (Å²) < 4.78 is 18.8. The van der Waals surface area contributed by atoms with Crippen LogP contribution in [0.25, 0.3) is 0 Å². The molecule has 3 rings (SSSR count). The first-order valence-electron chi connectivity index (χ1n) is 13.3. The van der Waals surface area contributed by atoms with Crippen molar-refractivity contribution in [3.8, 4) is 0 Å². The van der Waals surface area contributed by atoms with Crippen LogP contribution in [0.2, 0.25) is 0 Å². The third-order valence-electron chi connectivity index (χ3n) is 7.63. The van der Waals surface area contributed by atoms with Gasteiger partial charge in [-0.15, -0.1) is 6.58 Å². The smallest absolute Gasteiger partial charge is 0.408 e. The van der Waals surface area contributed by atoms with Gasteiger partial charge in [-0.2, -0.15) is 0 Å². The van der Waals surface area contributed by atoms with Crippen molar-refractivity contribution in [3.63, 3.8) is 0 Å². The molecule has 0 aromatic rings. The molecule has 3 fully saturated rings. The number of amides is 3. The van der Waals surface area contributed by atoms with Gasteiger partial charge in [0.25, 0.3) is 0 Å². The number of alkyl carbamates (subject to hydrolysis) is 1. The van der Waals surface area contributed by atoms with Crippen molar-refractivity contribution in [1.82, 2.24) is 15.5 Å². The number of hydrogen-bond acceptors (Lipinski definition) is 5. The largest absolute Gasteiger partial charge is 0.446 e. The van der Waals surface area contributed by atoms with E-state index in [1.807, 2.05) is 34.6 Å². The fourth-order valence-corrected chi connectivity index (χ4v) is 8.28. The average molecular weight is 526 g/mol. The van der Waals surface area contributed by atoms with E-state index in [4.69, 9.17) is 4.74 Å². The maximum atomic E-state index is 13.7. The lowest BCUT2D eigenvalue weighted by molar-refractivity contribution is -0.142. The topological polar surface area (TPSA) is 125 Å². The molecule has 0 radical (unpaired) electrons. The van der Waals surface area contributed by atoms with E-state index in [2.05, 4.69) is 17.2 Å². The molecule has 1 heterocycles. The predicted molar refractivity (Wildman–Crippen MR) is 139 cm³/mol. The van der Waals surface area contributed by atoms with E-state index in [0.717, 1.165) is 25.7 Å². The molecule has 2 saturated carbocycles. The van der Waals surface area contributed by atoms with Gasteiger partial charge in [0.2, 0.25) is 19.2 Å². The average Bonchev–Trinajstić information content (AvgIpc) is 3.10. The minimum absolute atomic E-state index is 0.00663. The molecular formula is C26H44N3O6P. The molecule has 0 spiro atoms. The summed E-state index contributed by atoms with van der Waals surface area (Å²) in [5.41, 5.74) is -0.612. The molecule has 0 bridgehead atoms. The van der Waals surface area contributed by atoms with Crippen LogP contribution in [0, 0.1) is 17.3 Å². The maximum Gasteiger partial charge on any atom is 0.408 e. The van der Waals surface area contributed by atoms with Gasteiger partial charge in [0.15, 0.2) is 0 Å². The lowest BCUT2D eigenvalue weighted by Crippen LogP contribution is -2.58. The normalized spacial score (nSPS) is 28.9. The zero-order chi connectivity index (χ0) is 26.9. The second-order valence-corrected chi connectivity index (χ2v) is 14.7. The van der Waals surface area contributed by atoms with Crippen LogP contribution in [-0.4, -0.2) is 63.9 Å². The van der Waals surface area contributed by atoms with Gasteiger partial charge in [0.05, 0.1) is 0 Å². The first-order chi connectivity index (χ1) is 16.7. The Morgan fingerprint density at radius 3 is 2.36 bits per heavy atom. The van der Waals surface area contributed by atoms with Gasteiger partial charge < -0.3 is 25.2 Å². The Morgan fingerprint density at radius 2 is 1.83 bits per heavy atom. The molecular weight excluding hydrogens is 481 g/mol. The van der Waals surface area contributed by atoms with Crippen LogP contribution in [0.15, 0.2) is 12.7 Å². The SMILES string of the molecule is C=C[C@@H]1C[C@]1(NC(=O)[C@@H]1CCCN1C(=O)[C@@H](NC(=O)OC1CCCC1)C(C)(C)C)P(=O)(O)CC(C)C. The number of carbonyl (C=O) groups is 3. The van der Waals surface area contributed by atoms with E-state index in [-0.39, 0.29) is 30.0 Å². The van der Waals surface area contributed by atoms with Crippen molar-refractivity contribution < 1.29 is 28.6 Å². The molecule has 10 heteroatoms. The van der Waals surface area contributed by atoms with Gasteiger partial charge in [0, 0.05) is 18.6 Å². The third-order valence-corrected chi connectivity index (χ3v) is 10.7. The van der Waals surface area contributed by atoms with Crippen LogP contribution < -0.4 is 10.6 Å². The Morgan fingerprint density at radius 1 is 1.19 bits per heavy atom. The molecule has 3 aliphatic rings. The molecule has 3 N–H and O–H groups in total. The summed E-state index contributed by atoms with van der Waals surface area (Å²) in [6.07, 6.45) is 6.14. The zero-order valence-electron chi connectivity index (χ0n) is 22.4. The van der Waals surface area contributed by atoms with Crippen molar-refractivity contribution in [2.75, 3.05) is 12.7 Å². The predicted octanol–water partition coefficient (Wildman–Crippen LogP) is 4.01. The summed E-state index contributed by atoms with van der Waals surface area (Å²) in [5, 5.41) is 4.42. The molecule has 5 atom stereocenters. The highest BCUT2D eigenvalue weighted by molar-refractivity contribution is 7.60. The number of hydrogen-bond donors (Lipinski definition) is 3. The van der Waals surface area contributed by atoms with E-state index in [0.29, 0.717) is 25.8 Å². The second kappa shape index (κ2) is 10.9. The second-order valence-electron chi connectivity index (χ2n) is 12.2. The Hall–Kier alpha value is -1.86. The Bertz CT molecular complexity index is 910. The lowest BCUT2D eigenvalue weighted by Gasteiger charge is -2.36. The summed E-state index contributed by atoms with van der Waals surface area (Å²) in [5.74, 6) is -1.06. The van der Waals surface area contributed by atoms with E-state index in [1.54, 1.807) is 6.08 Å². The molecule has 0 aromatic carbocycles. The van der Waals surface area contributed by atoms with Gasteiger partial charge in [-0.25, -0.2) is 4.79 Å². The molecule has 9 nitrogen and oxygen atoms in total. The van der Waals surface area contributed by atoms with Gasteiger partial charge in [-0.3, -0.25) is 14.2 Å². The number of rotatable bonds is 9. The van der Waals surface area contributed by atoms with Crippen LogP contribution >= 0.6 is 7.37 Å². The maximum absolute atomic E-state index is 13.7. The number of likely N-dealkylation sites (tertiary alicyclic amines) is 1. The highest BCUT2D eigenvalue weighted by atomic mass is 31.2. The fourth-order valence-electron chi connectivity index (χ4n) is 5.57. The van der Waals surface area contributed by atoms with Crippen molar-refractivity contribution in [2.45, 2.75) is 103 Å². The quantitative estimate of drug-likeness (QED) is 0.309. The van der Waals surface area contributed by atoms with E-state index < -0.39 is 42.1 Å².